The van der Waals surface area contributed by atoms with Crippen LogP contribution in [0, 0.1) is 0 Å². The molecular weight excluding hydrogens is 278 g/mol. The van der Waals surface area contributed by atoms with Gasteiger partial charge < -0.3 is 14.2 Å². The van der Waals surface area contributed by atoms with E-state index in [-0.39, 0.29) is 6.79 Å². The molecule has 0 radical (unpaired) electrons. The van der Waals surface area contributed by atoms with Gasteiger partial charge in [-0.1, -0.05) is 12.1 Å². The predicted octanol–water partition coefficient (Wildman–Crippen LogP) is 3.56. The molecule has 2 heterocycles. The van der Waals surface area contributed by atoms with Gasteiger partial charge in [0.25, 0.3) is 0 Å². The van der Waals surface area contributed by atoms with Gasteiger partial charge in [-0.3, -0.25) is 4.98 Å². The average Bonchev–Trinajstić information content (AvgIpc) is 3.01. The van der Waals surface area contributed by atoms with Crippen molar-refractivity contribution in [2.45, 2.75) is 6.42 Å². The Balaban J connectivity index is 1.74. The molecule has 0 atom stereocenters. The van der Waals surface area contributed by atoms with E-state index < -0.39 is 0 Å². The van der Waals surface area contributed by atoms with E-state index in [0.717, 1.165) is 40.1 Å². The first-order valence-corrected chi connectivity index (χ1v) is 7.13. The van der Waals surface area contributed by atoms with Crippen LogP contribution in [0.4, 0.5) is 0 Å². The van der Waals surface area contributed by atoms with Crippen LogP contribution in [0.5, 0.6) is 17.2 Å². The van der Waals surface area contributed by atoms with E-state index in [1.165, 1.54) is 5.56 Å². The quantitative estimate of drug-likeness (QED) is 0.740. The summed E-state index contributed by atoms with van der Waals surface area (Å²) in [4.78, 5) is 4.54. The van der Waals surface area contributed by atoms with Gasteiger partial charge in [-0.05, 0) is 41.3 Å². The van der Waals surface area contributed by atoms with Gasteiger partial charge >= 0.3 is 0 Å². The summed E-state index contributed by atoms with van der Waals surface area (Å²) in [6.07, 6.45) is 2.60. The Hall–Kier alpha value is -2.75. The Bertz CT molecular complexity index is 828. The summed E-state index contributed by atoms with van der Waals surface area (Å²) in [5, 5.41) is 2.21. The SMILES string of the molecule is COc1ccc(Cc2nccc3cc4c(cc23)OCO4)cc1. The normalized spacial score (nSPS) is 12.6. The van der Waals surface area contributed by atoms with E-state index in [1.54, 1.807) is 7.11 Å². The molecule has 0 fully saturated rings. The highest BCUT2D eigenvalue weighted by atomic mass is 16.7. The standard InChI is InChI=1S/C18H15NO3/c1-20-14-4-2-12(3-5-14)8-16-15-10-18-17(21-11-22-18)9-13(15)6-7-19-16/h2-7,9-10H,8,11H2,1H3. The summed E-state index contributed by atoms with van der Waals surface area (Å²) in [6, 6.07) is 14.1. The lowest BCUT2D eigenvalue weighted by atomic mass is 10.0. The number of hydrogen-bond acceptors (Lipinski definition) is 4. The van der Waals surface area contributed by atoms with Crippen molar-refractivity contribution in [2.75, 3.05) is 13.9 Å². The van der Waals surface area contributed by atoms with Crippen molar-refractivity contribution in [1.29, 1.82) is 0 Å². The monoisotopic (exact) mass is 293 g/mol. The third kappa shape index (κ3) is 2.22. The van der Waals surface area contributed by atoms with Crippen molar-refractivity contribution in [1.82, 2.24) is 4.98 Å². The average molecular weight is 293 g/mol. The van der Waals surface area contributed by atoms with Crippen LogP contribution >= 0.6 is 0 Å². The van der Waals surface area contributed by atoms with Crippen LogP contribution in [0.25, 0.3) is 10.8 Å². The van der Waals surface area contributed by atoms with Crippen molar-refractivity contribution in [3.05, 3.63) is 59.9 Å². The Morgan fingerprint density at radius 1 is 1.05 bits per heavy atom. The van der Waals surface area contributed by atoms with Crippen molar-refractivity contribution >= 4 is 10.8 Å². The van der Waals surface area contributed by atoms with Crippen LogP contribution in [0.3, 0.4) is 0 Å². The molecule has 22 heavy (non-hydrogen) atoms. The molecule has 4 nitrogen and oxygen atoms in total. The predicted molar refractivity (Wildman–Crippen MR) is 83.7 cm³/mol. The van der Waals surface area contributed by atoms with Crippen LogP contribution in [0.2, 0.25) is 0 Å². The van der Waals surface area contributed by atoms with Crippen LogP contribution in [-0.2, 0) is 6.42 Å². The van der Waals surface area contributed by atoms with Crippen LogP contribution in [0.15, 0.2) is 48.7 Å². The fraction of sp³-hybridized carbons (Fsp3) is 0.167. The maximum Gasteiger partial charge on any atom is 0.231 e. The lowest BCUT2D eigenvalue weighted by molar-refractivity contribution is 0.174. The molecule has 4 heteroatoms. The van der Waals surface area contributed by atoms with E-state index in [2.05, 4.69) is 17.1 Å². The maximum atomic E-state index is 5.48. The fourth-order valence-corrected chi connectivity index (χ4v) is 2.70. The van der Waals surface area contributed by atoms with E-state index in [0.29, 0.717) is 0 Å². The third-order valence-electron chi connectivity index (χ3n) is 3.87. The zero-order valence-corrected chi connectivity index (χ0v) is 12.2. The minimum atomic E-state index is 0.285. The molecule has 0 spiro atoms. The lowest BCUT2D eigenvalue weighted by Gasteiger charge is -2.08. The lowest BCUT2D eigenvalue weighted by Crippen LogP contribution is -1.94. The molecule has 110 valence electrons. The number of fused-ring (bicyclic) bond motifs is 2. The van der Waals surface area contributed by atoms with Gasteiger partial charge in [0.15, 0.2) is 11.5 Å². The van der Waals surface area contributed by atoms with Gasteiger partial charge in [0.05, 0.1) is 12.8 Å². The minimum absolute atomic E-state index is 0.285. The van der Waals surface area contributed by atoms with E-state index in [4.69, 9.17) is 14.2 Å². The maximum absolute atomic E-state index is 5.48. The van der Waals surface area contributed by atoms with Gasteiger partial charge in [0.2, 0.25) is 6.79 Å². The van der Waals surface area contributed by atoms with Gasteiger partial charge in [-0.15, -0.1) is 0 Å². The van der Waals surface area contributed by atoms with Gasteiger partial charge in [0.1, 0.15) is 5.75 Å². The zero-order chi connectivity index (χ0) is 14.9. The first-order chi connectivity index (χ1) is 10.8. The molecule has 0 N–H and O–H groups in total. The smallest absolute Gasteiger partial charge is 0.231 e. The molecule has 0 aliphatic carbocycles. The van der Waals surface area contributed by atoms with E-state index in [9.17, 15) is 0 Å². The minimum Gasteiger partial charge on any atom is -0.497 e. The van der Waals surface area contributed by atoms with Crippen molar-refractivity contribution in [3.8, 4) is 17.2 Å². The molecule has 1 aliphatic rings. The molecule has 0 unspecified atom stereocenters. The fourth-order valence-electron chi connectivity index (χ4n) is 2.70. The zero-order valence-electron chi connectivity index (χ0n) is 12.2. The molecule has 1 aliphatic heterocycles. The summed E-state index contributed by atoms with van der Waals surface area (Å²) >= 11 is 0. The number of aromatic nitrogens is 1. The summed E-state index contributed by atoms with van der Waals surface area (Å²) < 4.78 is 16.1. The van der Waals surface area contributed by atoms with E-state index in [1.807, 2.05) is 36.5 Å². The van der Waals surface area contributed by atoms with Crippen LogP contribution in [-0.4, -0.2) is 18.9 Å². The second kappa shape index (κ2) is 5.22. The molecule has 3 aromatic rings. The van der Waals surface area contributed by atoms with Crippen molar-refractivity contribution < 1.29 is 14.2 Å². The summed E-state index contributed by atoms with van der Waals surface area (Å²) in [5.41, 5.74) is 2.22. The Morgan fingerprint density at radius 2 is 1.82 bits per heavy atom. The molecule has 0 saturated heterocycles. The molecule has 0 saturated carbocycles. The number of benzene rings is 2. The van der Waals surface area contributed by atoms with Gasteiger partial charge in [0, 0.05) is 18.0 Å². The summed E-state index contributed by atoms with van der Waals surface area (Å²) in [6.45, 7) is 0.285. The topological polar surface area (TPSA) is 40.6 Å². The van der Waals surface area contributed by atoms with Crippen LogP contribution < -0.4 is 14.2 Å². The van der Waals surface area contributed by atoms with Crippen molar-refractivity contribution in [3.63, 3.8) is 0 Å². The van der Waals surface area contributed by atoms with Crippen LogP contribution in [0.1, 0.15) is 11.3 Å². The number of hydrogen-bond donors (Lipinski definition) is 0. The summed E-state index contributed by atoms with van der Waals surface area (Å²) in [7, 11) is 1.67. The largest absolute Gasteiger partial charge is 0.497 e. The number of rotatable bonds is 3. The highest BCUT2D eigenvalue weighted by molar-refractivity contribution is 5.88. The second-order valence-corrected chi connectivity index (χ2v) is 5.21. The number of pyridine rings is 1. The number of methoxy groups -OCH3 is 1. The van der Waals surface area contributed by atoms with Crippen molar-refractivity contribution in [2.24, 2.45) is 0 Å². The van der Waals surface area contributed by atoms with E-state index >= 15 is 0 Å². The first kappa shape index (κ1) is 13.0. The highest BCUT2D eigenvalue weighted by Crippen LogP contribution is 2.37. The summed E-state index contributed by atoms with van der Waals surface area (Å²) in [5.74, 6) is 2.45. The Labute approximate surface area is 128 Å². The molecular formula is C18H15NO3. The van der Waals surface area contributed by atoms with Gasteiger partial charge in [-0.25, -0.2) is 0 Å². The Morgan fingerprint density at radius 3 is 2.59 bits per heavy atom. The first-order valence-electron chi connectivity index (χ1n) is 7.13. The number of ether oxygens (including phenoxy) is 3. The molecule has 1 aromatic heterocycles. The highest BCUT2D eigenvalue weighted by Gasteiger charge is 2.16. The molecule has 2 aromatic carbocycles. The Kier molecular flexibility index (Phi) is 3.07. The third-order valence-corrected chi connectivity index (χ3v) is 3.87. The molecule has 0 amide bonds. The van der Waals surface area contributed by atoms with Gasteiger partial charge in [-0.2, -0.15) is 0 Å². The molecule has 4 rings (SSSR count). The number of nitrogens with zero attached hydrogens (tertiary/aromatic N) is 1. The second-order valence-electron chi connectivity index (χ2n) is 5.21. The molecule has 0 bridgehead atoms.